The first-order valence-electron chi connectivity index (χ1n) is 5.08. The van der Waals surface area contributed by atoms with Gasteiger partial charge in [-0.05, 0) is 19.4 Å². The van der Waals surface area contributed by atoms with Gasteiger partial charge in [0.1, 0.15) is 0 Å². The molecule has 4 nitrogen and oxygen atoms in total. The van der Waals surface area contributed by atoms with E-state index in [0.29, 0.717) is 5.92 Å². The molecule has 1 aromatic rings. The highest BCUT2D eigenvalue weighted by atomic mass is 35.5. The van der Waals surface area contributed by atoms with Gasteiger partial charge in [-0.3, -0.25) is 10.1 Å². The van der Waals surface area contributed by atoms with Crippen molar-refractivity contribution in [2.24, 2.45) is 5.92 Å². The molecule has 0 aliphatic carbocycles. The summed E-state index contributed by atoms with van der Waals surface area (Å²) in [6.07, 6.45) is 0. The fourth-order valence-electron chi connectivity index (χ4n) is 1.23. The van der Waals surface area contributed by atoms with Crippen LogP contribution in [0.2, 0.25) is 4.34 Å². The number of nitrogens with zero attached hydrogens (tertiary/aromatic N) is 1. The van der Waals surface area contributed by atoms with Crippen LogP contribution >= 0.6 is 22.9 Å². The van der Waals surface area contributed by atoms with Crippen LogP contribution in [0.5, 0.6) is 0 Å². The molecule has 0 spiro atoms. The molecule has 0 aliphatic heterocycles. The number of nitrogens with one attached hydrogen (secondary N) is 1. The van der Waals surface area contributed by atoms with Crippen molar-refractivity contribution in [2.45, 2.75) is 26.8 Å². The Morgan fingerprint density at radius 1 is 1.56 bits per heavy atom. The number of hydrogen-bond donors (Lipinski definition) is 1. The van der Waals surface area contributed by atoms with Crippen molar-refractivity contribution >= 4 is 28.6 Å². The van der Waals surface area contributed by atoms with E-state index in [2.05, 4.69) is 19.2 Å². The minimum Gasteiger partial charge on any atom is -0.309 e. The second-order valence-electron chi connectivity index (χ2n) is 4.09. The summed E-state index contributed by atoms with van der Waals surface area (Å²) in [5.41, 5.74) is -0.000126. The summed E-state index contributed by atoms with van der Waals surface area (Å²) in [5, 5.41) is 13.9. The molecular formula is C10H15ClN2O2S. The molecule has 1 rings (SSSR count). The Morgan fingerprint density at radius 2 is 2.19 bits per heavy atom. The third-order valence-corrected chi connectivity index (χ3v) is 3.66. The van der Waals surface area contributed by atoms with E-state index in [0.717, 1.165) is 11.4 Å². The van der Waals surface area contributed by atoms with Crippen molar-refractivity contribution in [3.05, 3.63) is 25.4 Å². The number of rotatable bonds is 5. The summed E-state index contributed by atoms with van der Waals surface area (Å²) in [5.74, 6) is 0.549. The fraction of sp³-hybridized carbons (Fsp3) is 0.600. The third kappa shape index (κ3) is 3.43. The highest BCUT2D eigenvalue weighted by Gasteiger charge is 2.19. The zero-order valence-corrected chi connectivity index (χ0v) is 11.1. The lowest BCUT2D eigenvalue weighted by molar-refractivity contribution is -0.384. The smallest absolute Gasteiger partial charge is 0.299 e. The minimum atomic E-state index is -0.447. The van der Waals surface area contributed by atoms with E-state index in [-0.39, 0.29) is 16.1 Å². The van der Waals surface area contributed by atoms with Crippen LogP contribution in [0, 0.1) is 16.0 Å². The largest absolute Gasteiger partial charge is 0.309 e. The number of nitro groups is 1. The lowest BCUT2D eigenvalue weighted by Gasteiger charge is -2.13. The standard InChI is InChI=1S/C10H15ClN2O2S/c1-6(2)5-12-7(3)9-4-8(13(14)15)10(11)16-9/h4,6-7,12H,5H2,1-3H3. The van der Waals surface area contributed by atoms with E-state index in [1.807, 2.05) is 6.92 Å². The normalized spacial score (nSPS) is 13.1. The molecule has 0 saturated carbocycles. The Labute approximate surface area is 104 Å². The van der Waals surface area contributed by atoms with Crippen LogP contribution < -0.4 is 5.32 Å². The van der Waals surface area contributed by atoms with Gasteiger partial charge in [0.05, 0.1) is 4.92 Å². The van der Waals surface area contributed by atoms with Crippen molar-refractivity contribution < 1.29 is 4.92 Å². The van der Waals surface area contributed by atoms with E-state index in [1.54, 1.807) is 6.07 Å². The second kappa shape index (κ2) is 5.61. The summed E-state index contributed by atoms with van der Waals surface area (Å²) in [4.78, 5) is 11.1. The Kier molecular flexibility index (Phi) is 4.70. The Hall–Kier alpha value is -0.650. The molecule has 90 valence electrons. The van der Waals surface area contributed by atoms with Crippen LogP contribution in [0.3, 0.4) is 0 Å². The van der Waals surface area contributed by atoms with Crippen LogP contribution in [0.15, 0.2) is 6.07 Å². The maximum absolute atomic E-state index is 10.6. The maximum Gasteiger partial charge on any atom is 0.299 e. The van der Waals surface area contributed by atoms with Gasteiger partial charge in [-0.15, -0.1) is 11.3 Å². The van der Waals surface area contributed by atoms with Gasteiger partial charge < -0.3 is 5.32 Å². The first-order chi connectivity index (χ1) is 7.41. The molecule has 0 aliphatic rings. The predicted octanol–water partition coefficient (Wildman–Crippen LogP) is 3.62. The molecule has 1 aromatic heterocycles. The van der Waals surface area contributed by atoms with E-state index in [1.165, 1.54) is 11.3 Å². The molecule has 0 amide bonds. The van der Waals surface area contributed by atoms with E-state index < -0.39 is 4.92 Å². The van der Waals surface area contributed by atoms with Crippen LogP contribution in [0.25, 0.3) is 0 Å². The first-order valence-corrected chi connectivity index (χ1v) is 6.28. The molecule has 0 radical (unpaired) electrons. The summed E-state index contributed by atoms with van der Waals surface area (Å²) in [7, 11) is 0. The Bertz CT molecular complexity index is 379. The van der Waals surface area contributed by atoms with Crippen molar-refractivity contribution in [3.63, 3.8) is 0 Å². The molecule has 16 heavy (non-hydrogen) atoms. The van der Waals surface area contributed by atoms with Crippen molar-refractivity contribution in [1.82, 2.24) is 5.32 Å². The van der Waals surface area contributed by atoms with Crippen molar-refractivity contribution in [3.8, 4) is 0 Å². The molecule has 1 heterocycles. The molecule has 0 fully saturated rings. The third-order valence-electron chi connectivity index (χ3n) is 2.14. The number of hydrogen-bond acceptors (Lipinski definition) is 4. The number of thiophene rings is 1. The molecule has 0 aromatic carbocycles. The monoisotopic (exact) mass is 262 g/mol. The van der Waals surface area contributed by atoms with Crippen LogP contribution in [-0.2, 0) is 0 Å². The van der Waals surface area contributed by atoms with Gasteiger partial charge in [0.15, 0.2) is 4.34 Å². The molecule has 0 saturated heterocycles. The summed E-state index contributed by atoms with van der Waals surface area (Å²) < 4.78 is 0.248. The Morgan fingerprint density at radius 3 is 2.62 bits per heavy atom. The zero-order chi connectivity index (χ0) is 12.3. The first kappa shape index (κ1) is 13.4. The molecule has 0 bridgehead atoms. The summed E-state index contributed by atoms with van der Waals surface area (Å²) in [6, 6.07) is 1.64. The number of halogens is 1. The summed E-state index contributed by atoms with van der Waals surface area (Å²) in [6.45, 7) is 7.09. The topological polar surface area (TPSA) is 55.2 Å². The molecule has 6 heteroatoms. The average Bonchev–Trinajstić information content (AvgIpc) is 2.56. The fourth-order valence-corrected chi connectivity index (χ4v) is 2.49. The quantitative estimate of drug-likeness (QED) is 0.651. The lowest BCUT2D eigenvalue weighted by atomic mass is 10.2. The van der Waals surface area contributed by atoms with Gasteiger partial charge in [-0.2, -0.15) is 0 Å². The van der Waals surface area contributed by atoms with Gasteiger partial charge in [0.25, 0.3) is 5.69 Å². The highest BCUT2D eigenvalue weighted by molar-refractivity contribution is 7.16. The summed E-state index contributed by atoms with van der Waals surface area (Å²) >= 11 is 7.06. The maximum atomic E-state index is 10.6. The van der Waals surface area contributed by atoms with Crippen molar-refractivity contribution in [1.29, 1.82) is 0 Å². The van der Waals surface area contributed by atoms with E-state index >= 15 is 0 Å². The molecule has 1 N–H and O–H groups in total. The van der Waals surface area contributed by atoms with Gasteiger partial charge in [-0.1, -0.05) is 25.4 Å². The molecule has 1 unspecified atom stereocenters. The lowest BCUT2D eigenvalue weighted by Crippen LogP contribution is -2.22. The molecular weight excluding hydrogens is 248 g/mol. The van der Waals surface area contributed by atoms with E-state index in [4.69, 9.17) is 11.6 Å². The van der Waals surface area contributed by atoms with Crippen LogP contribution in [-0.4, -0.2) is 11.5 Å². The van der Waals surface area contributed by atoms with Gasteiger partial charge >= 0.3 is 0 Å². The minimum absolute atomic E-state index is 0.000126. The van der Waals surface area contributed by atoms with Gasteiger partial charge in [0.2, 0.25) is 0 Å². The second-order valence-corrected chi connectivity index (χ2v) is 5.77. The van der Waals surface area contributed by atoms with Gasteiger partial charge in [0, 0.05) is 17.0 Å². The average molecular weight is 263 g/mol. The molecule has 1 atom stereocenters. The van der Waals surface area contributed by atoms with Crippen LogP contribution in [0.4, 0.5) is 5.69 Å². The highest BCUT2D eigenvalue weighted by Crippen LogP contribution is 2.36. The van der Waals surface area contributed by atoms with Crippen LogP contribution in [0.1, 0.15) is 31.7 Å². The van der Waals surface area contributed by atoms with E-state index in [9.17, 15) is 10.1 Å². The van der Waals surface area contributed by atoms with Crippen molar-refractivity contribution in [2.75, 3.05) is 6.54 Å². The van der Waals surface area contributed by atoms with Gasteiger partial charge in [-0.25, -0.2) is 0 Å². The Balaban J connectivity index is 2.73. The SMILES string of the molecule is CC(C)CNC(C)c1cc([N+](=O)[O-])c(Cl)s1. The zero-order valence-electron chi connectivity index (χ0n) is 9.49. The predicted molar refractivity (Wildman–Crippen MR) is 67.2 cm³/mol.